The van der Waals surface area contributed by atoms with Gasteiger partial charge in [0.15, 0.2) is 0 Å². The summed E-state index contributed by atoms with van der Waals surface area (Å²) in [5.41, 5.74) is 1.19. The number of unbranched alkanes of at least 4 members (excludes halogenated alkanes) is 1. The molecule has 3 rings (SSSR count). The number of carbonyl (C=O) groups excluding carboxylic acids is 2. The summed E-state index contributed by atoms with van der Waals surface area (Å²) < 4.78 is 40.3. The molecule has 0 fully saturated rings. The lowest BCUT2D eigenvalue weighted by molar-refractivity contribution is -0.129. The SMILES string of the molecule is CC(C)C[C@H](NC(=O)C1Cc2ccccc2N1C(=O)O)C(=O)NCCCCNS(=O)(=O)c1ccc(F)cc1Cl. The molecule has 2 aromatic rings. The molecule has 0 saturated carbocycles. The predicted octanol–water partition coefficient (Wildman–Crippen LogP) is 3.29. The number of nitrogens with zero attached hydrogens (tertiary/aromatic N) is 1. The summed E-state index contributed by atoms with van der Waals surface area (Å²) in [6.07, 6.45) is 0.153. The first-order valence-electron chi connectivity index (χ1n) is 12.5. The van der Waals surface area contributed by atoms with Crippen molar-refractivity contribution in [2.75, 3.05) is 18.0 Å². The van der Waals surface area contributed by atoms with Crippen LogP contribution in [0.15, 0.2) is 47.4 Å². The van der Waals surface area contributed by atoms with Crippen LogP contribution in [0.3, 0.4) is 0 Å². The van der Waals surface area contributed by atoms with Gasteiger partial charge in [-0.2, -0.15) is 0 Å². The van der Waals surface area contributed by atoms with Crippen molar-refractivity contribution in [3.63, 3.8) is 0 Å². The molecule has 0 saturated heterocycles. The number of fused-ring (bicyclic) bond motifs is 1. The number of nitrogens with one attached hydrogen (secondary N) is 3. The van der Waals surface area contributed by atoms with Gasteiger partial charge >= 0.3 is 6.09 Å². The van der Waals surface area contributed by atoms with Gasteiger partial charge in [0.05, 0.1) is 10.7 Å². The van der Waals surface area contributed by atoms with E-state index in [1.165, 1.54) is 0 Å². The zero-order chi connectivity index (χ0) is 28.7. The first kappa shape index (κ1) is 30.3. The fraction of sp³-hybridized carbons (Fsp3) is 0.423. The molecular weight excluding hydrogens is 551 g/mol. The number of anilines is 1. The lowest BCUT2D eigenvalue weighted by atomic mass is 10.0. The summed E-state index contributed by atoms with van der Waals surface area (Å²) in [4.78, 5) is 38.7. The highest BCUT2D eigenvalue weighted by Crippen LogP contribution is 2.32. The number of rotatable bonds is 12. The molecule has 0 bridgehead atoms. The highest BCUT2D eigenvalue weighted by molar-refractivity contribution is 7.89. The largest absolute Gasteiger partial charge is 0.465 e. The monoisotopic (exact) mass is 582 g/mol. The van der Waals surface area contributed by atoms with Crippen LogP contribution < -0.4 is 20.3 Å². The van der Waals surface area contributed by atoms with Crippen molar-refractivity contribution >= 4 is 45.2 Å². The zero-order valence-electron chi connectivity index (χ0n) is 21.6. The maximum atomic E-state index is 13.2. The lowest BCUT2D eigenvalue weighted by Crippen LogP contribution is -2.54. The Morgan fingerprint density at radius 3 is 2.49 bits per heavy atom. The fourth-order valence-electron chi connectivity index (χ4n) is 4.37. The number of carbonyl (C=O) groups is 3. The first-order chi connectivity index (χ1) is 18.4. The summed E-state index contributed by atoms with van der Waals surface area (Å²) in [6, 6.07) is 8.05. The summed E-state index contributed by atoms with van der Waals surface area (Å²) in [5.74, 6) is -1.53. The maximum Gasteiger partial charge on any atom is 0.412 e. The molecule has 39 heavy (non-hydrogen) atoms. The average Bonchev–Trinajstić information content (AvgIpc) is 3.25. The number of para-hydroxylation sites is 1. The Bertz CT molecular complexity index is 1320. The minimum Gasteiger partial charge on any atom is -0.465 e. The molecular formula is C26H32ClFN4O6S. The summed E-state index contributed by atoms with van der Waals surface area (Å²) >= 11 is 5.83. The van der Waals surface area contributed by atoms with Gasteiger partial charge in [0, 0.05) is 19.5 Å². The van der Waals surface area contributed by atoms with E-state index in [0.717, 1.165) is 28.7 Å². The Hall–Kier alpha value is -3.22. The second kappa shape index (κ2) is 13.2. The van der Waals surface area contributed by atoms with Gasteiger partial charge in [-0.1, -0.05) is 43.6 Å². The number of sulfonamides is 1. The van der Waals surface area contributed by atoms with Crippen LogP contribution in [-0.4, -0.2) is 56.6 Å². The summed E-state index contributed by atoms with van der Waals surface area (Å²) in [5, 5.41) is 15.0. The molecule has 1 aliphatic heterocycles. The summed E-state index contributed by atoms with van der Waals surface area (Å²) in [6.45, 7) is 4.12. The Morgan fingerprint density at radius 1 is 1.13 bits per heavy atom. The third-order valence-electron chi connectivity index (χ3n) is 6.20. The van der Waals surface area contributed by atoms with Crippen molar-refractivity contribution in [2.24, 2.45) is 5.92 Å². The smallest absolute Gasteiger partial charge is 0.412 e. The predicted molar refractivity (Wildman–Crippen MR) is 145 cm³/mol. The van der Waals surface area contributed by atoms with Crippen LogP contribution >= 0.6 is 11.6 Å². The molecule has 0 aromatic heterocycles. The molecule has 0 spiro atoms. The van der Waals surface area contributed by atoms with E-state index in [2.05, 4.69) is 15.4 Å². The van der Waals surface area contributed by atoms with Crippen LogP contribution in [0, 0.1) is 11.7 Å². The third kappa shape index (κ3) is 7.90. The first-order valence-corrected chi connectivity index (χ1v) is 14.4. The van der Waals surface area contributed by atoms with Crippen molar-refractivity contribution in [1.82, 2.24) is 15.4 Å². The lowest BCUT2D eigenvalue weighted by Gasteiger charge is -2.25. The minimum absolute atomic E-state index is 0.0742. The average molecular weight is 583 g/mol. The van der Waals surface area contributed by atoms with Crippen molar-refractivity contribution < 1.29 is 32.3 Å². The van der Waals surface area contributed by atoms with E-state index in [0.29, 0.717) is 24.9 Å². The Labute approximate surface area is 232 Å². The van der Waals surface area contributed by atoms with Gasteiger partial charge < -0.3 is 15.7 Å². The highest BCUT2D eigenvalue weighted by atomic mass is 35.5. The molecule has 13 heteroatoms. The van der Waals surface area contributed by atoms with Gasteiger partial charge in [-0.3, -0.25) is 14.5 Å². The topological polar surface area (TPSA) is 145 Å². The van der Waals surface area contributed by atoms with Crippen LogP contribution in [0.1, 0.15) is 38.7 Å². The molecule has 0 aliphatic carbocycles. The summed E-state index contributed by atoms with van der Waals surface area (Å²) in [7, 11) is -3.92. The molecule has 4 N–H and O–H groups in total. The van der Waals surface area contributed by atoms with Crippen LogP contribution in [-0.2, 0) is 26.0 Å². The zero-order valence-corrected chi connectivity index (χ0v) is 23.2. The molecule has 1 unspecified atom stereocenters. The van der Waals surface area contributed by atoms with Gasteiger partial charge in [0.1, 0.15) is 22.8 Å². The fourth-order valence-corrected chi connectivity index (χ4v) is 5.97. The van der Waals surface area contributed by atoms with E-state index in [-0.39, 0.29) is 35.3 Å². The van der Waals surface area contributed by atoms with Crippen molar-refractivity contribution in [3.05, 3.63) is 58.9 Å². The maximum absolute atomic E-state index is 13.2. The van der Waals surface area contributed by atoms with Crippen LogP contribution in [0.2, 0.25) is 5.02 Å². The van der Waals surface area contributed by atoms with Crippen LogP contribution in [0.25, 0.3) is 0 Å². The molecule has 2 atom stereocenters. The van der Waals surface area contributed by atoms with Gasteiger partial charge in [0.25, 0.3) is 0 Å². The number of halogens is 2. The molecule has 212 valence electrons. The highest BCUT2D eigenvalue weighted by Gasteiger charge is 2.39. The van der Waals surface area contributed by atoms with Crippen molar-refractivity contribution in [1.29, 1.82) is 0 Å². The van der Waals surface area contributed by atoms with Crippen LogP contribution in [0.4, 0.5) is 14.9 Å². The van der Waals surface area contributed by atoms with Gasteiger partial charge in [-0.05, 0) is 55.0 Å². The van der Waals surface area contributed by atoms with Crippen molar-refractivity contribution in [2.45, 2.75) is 56.5 Å². The van der Waals surface area contributed by atoms with E-state index in [1.807, 2.05) is 13.8 Å². The standard InChI is InChI=1S/C26H32ClFN4O6S/c1-16(2)13-20(31-25(34)22-14-17-7-3-4-8-21(17)32(22)26(35)36)24(33)29-11-5-6-12-30-39(37,38)23-10-9-18(28)15-19(23)27/h3-4,7-10,15-16,20,22,30H,5-6,11-14H2,1-2H3,(H,29,33)(H,31,34)(H,35,36)/t20-,22?/m0/s1. The van der Waals surface area contributed by atoms with Gasteiger partial charge in [0.2, 0.25) is 21.8 Å². The molecule has 3 amide bonds. The number of benzene rings is 2. The number of hydrogen-bond acceptors (Lipinski definition) is 5. The van der Waals surface area contributed by atoms with Gasteiger partial charge in [-0.15, -0.1) is 0 Å². The Kier molecular flexibility index (Phi) is 10.3. The quantitative estimate of drug-likeness (QED) is 0.283. The Morgan fingerprint density at radius 2 is 1.82 bits per heavy atom. The Balaban J connectivity index is 1.50. The molecule has 0 radical (unpaired) electrons. The molecule has 1 aliphatic rings. The van der Waals surface area contributed by atoms with E-state index in [1.54, 1.807) is 24.3 Å². The normalized spacial score (nSPS) is 15.6. The molecule has 10 nitrogen and oxygen atoms in total. The second-order valence-electron chi connectivity index (χ2n) is 9.66. The number of carboxylic acid groups (broad SMARTS) is 1. The second-order valence-corrected chi connectivity index (χ2v) is 11.8. The third-order valence-corrected chi connectivity index (χ3v) is 8.15. The van der Waals surface area contributed by atoms with Gasteiger partial charge in [-0.25, -0.2) is 22.3 Å². The van der Waals surface area contributed by atoms with E-state index in [9.17, 15) is 32.3 Å². The molecule has 1 heterocycles. The van der Waals surface area contributed by atoms with Crippen LogP contribution in [0.5, 0.6) is 0 Å². The van der Waals surface area contributed by atoms with E-state index in [4.69, 9.17) is 11.6 Å². The minimum atomic E-state index is -3.92. The number of hydrogen-bond donors (Lipinski definition) is 4. The van der Waals surface area contributed by atoms with Crippen molar-refractivity contribution in [3.8, 4) is 0 Å². The van der Waals surface area contributed by atoms with E-state index < -0.39 is 45.8 Å². The van der Waals surface area contributed by atoms with E-state index >= 15 is 0 Å². The molecule has 2 aromatic carbocycles. The number of amides is 3.